The van der Waals surface area contributed by atoms with E-state index in [2.05, 4.69) is 9.97 Å². The molecule has 2 aromatic heterocycles. The first-order valence-electron chi connectivity index (χ1n) is 6.61. The van der Waals surface area contributed by atoms with Crippen LogP contribution in [0.5, 0.6) is 0 Å². The van der Waals surface area contributed by atoms with E-state index in [-0.39, 0.29) is 12.0 Å². The van der Waals surface area contributed by atoms with Crippen LogP contribution in [0.25, 0.3) is 11.2 Å². The van der Waals surface area contributed by atoms with Crippen molar-refractivity contribution in [3.05, 3.63) is 18.1 Å². The largest absolute Gasteiger partial charge is 0.394 e. The lowest BCUT2D eigenvalue weighted by molar-refractivity contribution is -0.117. The molecule has 122 valence electrons. The fourth-order valence-electron chi connectivity index (χ4n) is 2.11. The number of aliphatic hydroxyl groups is 5. The number of hydrogen-bond donors (Lipinski definition) is 6. The SMILES string of the molecule is Cn1cnc2ncn(CC(O)C(O)C(O)C(O)CO)c(=N)c21. The summed E-state index contributed by atoms with van der Waals surface area (Å²) in [6.45, 7) is -0.965. The molecule has 0 aliphatic carbocycles. The highest BCUT2D eigenvalue weighted by molar-refractivity contribution is 5.68. The van der Waals surface area contributed by atoms with E-state index in [1.54, 1.807) is 11.6 Å². The third kappa shape index (κ3) is 3.00. The van der Waals surface area contributed by atoms with E-state index in [4.69, 9.17) is 10.5 Å². The van der Waals surface area contributed by atoms with Crippen LogP contribution in [-0.4, -0.2) is 75.7 Å². The molecule has 0 amide bonds. The topological polar surface area (TPSA) is 161 Å². The average molecular weight is 313 g/mol. The molecular weight excluding hydrogens is 294 g/mol. The molecule has 0 bridgehead atoms. The standard InChI is InChI=1S/C12H19N5O5/c1-16-4-14-12-8(16)11(13)17(5-15-12)2-6(19)9(21)10(22)7(20)3-18/h4-7,9-10,13,18-22H,2-3H2,1H3. The molecule has 4 atom stereocenters. The Morgan fingerprint density at radius 2 is 1.68 bits per heavy atom. The van der Waals surface area contributed by atoms with Crippen LogP contribution < -0.4 is 5.49 Å². The summed E-state index contributed by atoms with van der Waals surface area (Å²) in [7, 11) is 1.70. The van der Waals surface area contributed by atoms with Gasteiger partial charge in [0, 0.05) is 7.05 Å². The maximum atomic E-state index is 9.95. The van der Waals surface area contributed by atoms with Gasteiger partial charge in [-0.2, -0.15) is 0 Å². The molecule has 0 aliphatic heterocycles. The Balaban J connectivity index is 2.21. The highest BCUT2D eigenvalue weighted by Crippen LogP contribution is 2.08. The summed E-state index contributed by atoms with van der Waals surface area (Å²) in [5.41, 5.74) is 0.878. The monoisotopic (exact) mass is 313 g/mol. The molecule has 0 aliphatic rings. The van der Waals surface area contributed by atoms with Gasteiger partial charge in [-0.3, -0.25) is 5.41 Å². The Hall–Kier alpha value is -1.85. The minimum Gasteiger partial charge on any atom is -0.394 e. The molecular formula is C12H19N5O5. The van der Waals surface area contributed by atoms with Gasteiger partial charge >= 0.3 is 0 Å². The molecule has 2 heterocycles. The van der Waals surface area contributed by atoms with E-state index in [1.807, 2.05) is 0 Å². The highest BCUT2D eigenvalue weighted by Gasteiger charge is 2.30. The Kier molecular flexibility index (Phi) is 4.88. The Morgan fingerprint density at radius 3 is 2.32 bits per heavy atom. The van der Waals surface area contributed by atoms with E-state index in [9.17, 15) is 20.4 Å². The highest BCUT2D eigenvalue weighted by atomic mass is 16.4. The van der Waals surface area contributed by atoms with Crippen LogP contribution in [-0.2, 0) is 13.6 Å². The molecule has 4 unspecified atom stereocenters. The molecule has 0 aromatic carbocycles. The Morgan fingerprint density at radius 1 is 1.09 bits per heavy atom. The first kappa shape index (κ1) is 16.5. The van der Waals surface area contributed by atoms with Crippen LogP contribution in [0.1, 0.15) is 0 Å². The van der Waals surface area contributed by atoms with Gasteiger partial charge in [-0.15, -0.1) is 0 Å². The molecule has 22 heavy (non-hydrogen) atoms. The van der Waals surface area contributed by atoms with E-state index >= 15 is 0 Å². The number of aromatic nitrogens is 4. The first-order valence-corrected chi connectivity index (χ1v) is 6.61. The lowest BCUT2D eigenvalue weighted by Crippen LogP contribution is -2.47. The summed E-state index contributed by atoms with van der Waals surface area (Å²) in [5, 5.41) is 55.4. The van der Waals surface area contributed by atoms with Crippen molar-refractivity contribution in [2.45, 2.75) is 31.0 Å². The lowest BCUT2D eigenvalue weighted by Gasteiger charge is -2.26. The first-order chi connectivity index (χ1) is 10.4. The summed E-state index contributed by atoms with van der Waals surface area (Å²) in [6.07, 6.45) is -3.62. The molecule has 0 saturated carbocycles. The summed E-state index contributed by atoms with van der Waals surface area (Å²) >= 11 is 0. The third-order valence-electron chi connectivity index (χ3n) is 3.46. The van der Waals surface area contributed by atoms with Gasteiger partial charge in [-0.05, 0) is 0 Å². The maximum Gasteiger partial charge on any atom is 0.182 e. The van der Waals surface area contributed by atoms with Crippen molar-refractivity contribution in [1.82, 2.24) is 19.1 Å². The fourth-order valence-corrected chi connectivity index (χ4v) is 2.11. The minimum absolute atomic E-state index is 0.0356. The van der Waals surface area contributed by atoms with Crippen LogP contribution in [0.3, 0.4) is 0 Å². The molecule has 6 N–H and O–H groups in total. The van der Waals surface area contributed by atoms with E-state index in [1.165, 1.54) is 17.2 Å². The smallest absolute Gasteiger partial charge is 0.182 e. The fraction of sp³-hybridized carbons (Fsp3) is 0.583. The molecule has 0 saturated heterocycles. The van der Waals surface area contributed by atoms with Crippen LogP contribution in [0.2, 0.25) is 0 Å². The Labute approximate surface area is 125 Å². The van der Waals surface area contributed by atoms with Gasteiger partial charge < -0.3 is 34.7 Å². The van der Waals surface area contributed by atoms with Crippen molar-refractivity contribution in [1.29, 1.82) is 5.41 Å². The quantitative estimate of drug-likeness (QED) is 0.325. The maximum absolute atomic E-state index is 9.95. The number of aliphatic hydroxyl groups excluding tert-OH is 5. The van der Waals surface area contributed by atoms with Crippen molar-refractivity contribution in [2.24, 2.45) is 7.05 Å². The van der Waals surface area contributed by atoms with Crippen LogP contribution in [0, 0.1) is 5.41 Å². The van der Waals surface area contributed by atoms with Crippen LogP contribution in [0.4, 0.5) is 0 Å². The zero-order chi connectivity index (χ0) is 16.4. The molecule has 10 nitrogen and oxygen atoms in total. The van der Waals surface area contributed by atoms with E-state index < -0.39 is 31.0 Å². The zero-order valence-corrected chi connectivity index (χ0v) is 11.9. The minimum atomic E-state index is -1.71. The molecule has 2 aromatic rings. The zero-order valence-electron chi connectivity index (χ0n) is 11.9. The van der Waals surface area contributed by atoms with Crippen molar-refractivity contribution < 1.29 is 25.5 Å². The molecule has 0 spiro atoms. The number of imidazole rings is 1. The van der Waals surface area contributed by atoms with E-state index in [0.717, 1.165) is 0 Å². The third-order valence-corrected chi connectivity index (χ3v) is 3.46. The summed E-state index contributed by atoms with van der Waals surface area (Å²) in [4.78, 5) is 8.04. The number of nitrogens with zero attached hydrogens (tertiary/aromatic N) is 4. The number of hydrogen-bond acceptors (Lipinski definition) is 8. The predicted molar refractivity (Wildman–Crippen MR) is 73.5 cm³/mol. The molecule has 2 rings (SSSR count). The second-order valence-corrected chi connectivity index (χ2v) is 5.07. The van der Waals surface area contributed by atoms with Crippen molar-refractivity contribution in [3.63, 3.8) is 0 Å². The van der Waals surface area contributed by atoms with Gasteiger partial charge in [0.15, 0.2) is 11.1 Å². The summed E-state index contributed by atoms with van der Waals surface area (Å²) in [6, 6.07) is 0. The number of aryl methyl sites for hydroxylation is 1. The van der Waals surface area contributed by atoms with Crippen molar-refractivity contribution in [2.75, 3.05) is 6.61 Å². The second-order valence-electron chi connectivity index (χ2n) is 5.07. The molecule has 0 radical (unpaired) electrons. The van der Waals surface area contributed by atoms with Crippen LogP contribution >= 0.6 is 0 Å². The van der Waals surface area contributed by atoms with Gasteiger partial charge in [-0.25, -0.2) is 9.97 Å². The van der Waals surface area contributed by atoms with Gasteiger partial charge in [0.05, 0.1) is 25.8 Å². The average Bonchev–Trinajstić information content (AvgIpc) is 2.89. The number of fused-ring (bicyclic) bond motifs is 1. The van der Waals surface area contributed by atoms with Crippen molar-refractivity contribution in [3.8, 4) is 0 Å². The van der Waals surface area contributed by atoms with Gasteiger partial charge in [0.2, 0.25) is 0 Å². The number of rotatable bonds is 6. The second kappa shape index (κ2) is 6.50. The summed E-state index contributed by atoms with van der Waals surface area (Å²) in [5.74, 6) is 0. The van der Waals surface area contributed by atoms with Gasteiger partial charge in [0.25, 0.3) is 0 Å². The predicted octanol–water partition coefficient (Wildman–Crippen LogP) is -3.31. The lowest BCUT2D eigenvalue weighted by atomic mass is 10.0. The van der Waals surface area contributed by atoms with Gasteiger partial charge in [0.1, 0.15) is 29.9 Å². The summed E-state index contributed by atoms with van der Waals surface area (Å²) < 4.78 is 2.89. The normalized spacial score (nSPS) is 17.4. The van der Waals surface area contributed by atoms with Crippen molar-refractivity contribution >= 4 is 11.2 Å². The molecule has 0 fully saturated rings. The van der Waals surface area contributed by atoms with E-state index in [0.29, 0.717) is 11.2 Å². The van der Waals surface area contributed by atoms with Crippen LogP contribution in [0.15, 0.2) is 12.7 Å². The van der Waals surface area contributed by atoms with Gasteiger partial charge in [-0.1, -0.05) is 0 Å². The molecule has 10 heteroatoms. The number of nitrogens with one attached hydrogen (secondary N) is 1. The Bertz CT molecular complexity index is 699.